The summed E-state index contributed by atoms with van der Waals surface area (Å²) in [7, 11) is 1.72. The molecule has 0 saturated carbocycles. The Morgan fingerprint density at radius 1 is 1.25 bits per heavy atom. The first-order chi connectivity index (χ1) is 7.76. The summed E-state index contributed by atoms with van der Waals surface area (Å²) < 4.78 is 5.08. The number of hydrogen-bond donors (Lipinski definition) is 1. The molecule has 0 bridgehead atoms. The molecule has 1 atom stereocenters. The second-order valence-corrected chi connectivity index (χ2v) is 4.90. The summed E-state index contributed by atoms with van der Waals surface area (Å²) in [5.74, 6) is 1.15. The standard InChI is InChI=1S/C13H21NOS/c1-11(10-16-3)14-8-12-4-6-13(7-5-12)9-15-2/h4-7,11,14H,8-10H2,1-3H3. The SMILES string of the molecule is COCc1ccc(CNC(C)CSC)cc1. The molecule has 1 rings (SSSR count). The van der Waals surface area contributed by atoms with E-state index in [1.807, 2.05) is 11.8 Å². The molecule has 16 heavy (non-hydrogen) atoms. The molecule has 2 nitrogen and oxygen atoms in total. The number of thioether (sulfide) groups is 1. The van der Waals surface area contributed by atoms with E-state index >= 15 is 0 Å². The van der Waals surface area contributed by atoms with Gasteiger partial charge in [0.1, 0.15) is 0 Å². The van der Waals surface area contributed by atoms with Gasteiger partial charge in [-0.1, -0.05) is 24.3 Å². The van der Waals surface area contributed by atoms with Gasteiger partial charge in [0.15, 0.2) is 0 Å². The van der Waals surface area contributed by atoms with Crippen LogP contribution in [0.5, 0.6) is 0 Å². The van der Waals surface area contributed by atoms with Crippen molar-refractivity contribution in [2.24, 2.45) is 0 Å². The van der Waals surface area contributed by atoms with Crippen LogP contribution < -0.4 is 5.32 Å². The minimum Gasteiger partial charge on any atom is -0.380 e. The Labute approximate surface area is 103 Å². The Kier molecular flexibility index (Phi) is 6.53. The van der Waals surface area contributed by atoms with E-state index in [-0.39, 0.29) is 0 Å². The second-order valence-electron chi connectivity index (χ2n) is 3.99. The summed E-state index contributed by atoms with van der Waals surface area (Å²) in [6.07, 6.45) is 2.14. The van der Waals surface area contributed by atoms with Crippen LogP contribution in [-0.2, 0) is 17.9 Å². The average Bonchev–Trinajstić information content (AvgIpc) is 2.29. The predicted octanol–water partition coefficient (Wildman–Crippen LogP) is 2.67. The van der Waals surface area contributed by atoms with Gasteiger partial charge in [-0.2, -0.15) is 11.8 Å². The van der Waals surface area contributed by atoms with E-state index in [4.69, 9.17) is 4.74 Å². The highest BCUT2D eigenvalue weighted by Gasteiger charge is 2.00. The summed E-state index contributed by atoms with van der Waals surface area (Å²) in [5.41, 5.74) is 2.55. The molecule has 0 saturated heterocycles. The van der Waals surface area contributed by atoms with Gasteiger partial charge in [-0.15, -0.1) is 0 Å². The lowest BCUT2D eigenvalue weighted by Crippen LogP contribution is -2.27. The van der Waals surface area contributed by atoms with E-state index in [1.54, 1.807) is 7.11 Å². The largest absolute Gasteiger partial charge is 0.380 e. The molecule has 1 unspecified atom stereocenters. The Balaban J connectivity index is 2.37. The molecule has 0 spiro atoms. The van der Waals surface area contributed by atoms with Gasteiger partial charge in [-0.25, -0.2) is 0 Å². The maximum atomic E-state index is 5.08. The van der Waals surface area contributed by atoms with Gasteiger partial charge in [0.25, 0.3) is 0 Å². The number of hydrogen-bond acceptors (Lipinski definition) is 3. The Bertz CT molecular complexity index is 286. The molecule has 0 radical (unpaired) electrons. The van der Waals surface area contributed by atoms with Crippen molar-refractivity contribution in [2.75, 3.05) is 19.1 Å². The molecule has 3 heteroatoms. The van der Waals surface area contributed by atoms with Gasteiger partial charge in [0.2, 0.25) is 0 Å². The minimum absolute atomic E-state index is 0.564. The fourth-order valence-electron chi connectivity index (χ4n) is 1.52. The maximum Gasteiger partial charge on any atom is 0.0713 e. The van der Waals surface area contributed by atoms with E-state index in [0.29, 0.717) is 12.6 Å². The lowest BCUT2D eigenvalue weighted by Gasteiger charge is -2.12. The van der Waals surface area contributed by atoms with Crippen LogP contribution >= 0.6 is 11.8 Å². The quantitative estimate of drug-likeness (QED) is 0.790. The lowest BCUT2D eigenvalue weighted by molar-refractivity contribution is 0.185. The van der Waals surface area contributed by atoms with Crippen molar-refractivity contribution in [1.82, 2.24) is 5.32 Å². The van der Waals surface area contributed by atoms with Gasteiger partial charge < -0.3 is 10.1 Å². The van der Waals surface area contributed by atoms with Crippen LogP contribution in [0.15, 0.2) is 24.3 Å². The monoisotopic (exact) mass is 239 g/mol. The first-order valence-electron chi connectivity index (χ1n) is 5.55. The second kappa shape index (κ2) is 7.71. The number of nitrogens with one attached hydrogen (secondary N) is 1. The zero-order chi connectivity index (χ0) is 11.8. The fourth-order valence-corrected chi connectivity index (χ4v) is 2.14. The van der Waals surface area contributed by atoms with Crippen LogP contribution in [0, 0.1) is 0 Å². The van der Waals surface area contributed by atoms with Gasteiger partial charge in [0, 0.05) is 25.4 Å². The summed E-state index contributed by atoms with van der Waals surface area (Å²) in [5, 5.41) is 3.50. The van der Waals surface area contributed by atoms with E-state index in [2.05, 4.69) is 42.8 Å². The fraction of sp³-hybridized carbons (Fsp3) is 0.538. The summed E-state index contributed by atoms with van der Waals surface area (Å²) in [6.45, 7) is 3.85. The van der Waals surface area contributed by atoms with Crippen LogP contribution in [0.1, 0.15) is 18.1 Å². The number of ether oxygens (including phenoxy) is 1. The number of rotatable bonds is 7. The lowest BCUT2D eigenvalue weighted by atomic mass is 10.1. The highest BCUT2D eigenvalue weighted by atomic mass is 32.2. The molecule has 1 aromatic carbocycles. The molecule has 0 amide bonds. The van der Waals surface area contributed by atoms with E-state index in [9.17, 15) is 0 Å². The third-order valence-electron chi connectivity index (χ3n) is 2.41. The zero-order valence-electron chi connectivity index (χ0n) is 10.3. The van der Waals surface area contributed by atoms with Gasteiger partial charge in [-0.3, -0.25) is 0 Å². The third-order valence-corrected chi connectivity index (χ3v) is 3.24. The van der Waals surface area contributed by atoms with Crippen molar-refractivity contribution >= 4 is 11.8 Å². The third kappa shape index (κ3) is 5.01. The minimum atomic E-state index is 0.564. The van der Waals surface area contributed by atoms with Gasteiger partial charge >= 0.3 is 0 Å². The maximum absolute atomic E-state index is 5.08. The van der Waals surface area contributed by atoms with E-state index < -0.39 is 0 Å². The Hall–Kier alpha value is -0.510. The molecule has 0 aliphatic carbocycles. The van der Waals surface area contributed by atoms with Crippen LogP contribution in [-0.4, -0.2) is 25.2 Å². The van der Waals surface area contributed by atoms with Crippen molar-refractivity contribution < 1.29 is 4.74 Å². The summed E-state index contributed by atoms with van der Waals surface area (Å²) in [4.78, 5) is 0. The van der Waals surface area contributed by atoms with Crippen molar-refractivity contribution in [1.29, 1.82) is 0 Å². The summed E-state index contributed by atoms with van der Waals surface area (Å²) in [6, 6.07) is 9.13. The van der Waals surface area contributed by atoms with Crippen molar-refractivity contribution in [2.45, 2.75) is 26.1 Å². The zero-order valence-corrected chi connectivity index (χ0v) is 11.1. The van der Waals surface area contributed by atoms with E-state index in [1.165, 1.54) is 11.1 Å². The molecule has 1 aromatic rings. The molecule has 0 aliphatic heterocycles. The molecule has 1 N–H and O–H groups in total. The first-order valence-corrected chi connectivity index (χ1v) is 6.94. The molecular formula is C13H21NOS. The van der Waals surface area contributed by atoms with Gasteiger partial charge in [0.05, 0.1) is 6.61 Å². The molecule has 90 valence electrons. The Morgan fingerprint density at radius 2 is 1.88 bits per heavy atom. The van der Waals surface area contributed by atoms with Crippen molar-refractivity contribution in [3.63, 3.8) is 0 Å². The average molecular weight is 239 g/mol. The van der Waals surface area contributed by atoms with Crippen LogP contribution in [0.3, 0.4) is 0 Å². The summed E-state index contributed by atoms with van der Waals surface area (Å²) >= 11 is 1.87. The first kappa shape index (κ1) is 13.6. The molecule has 0 aromatic heterocycles. The van der Waals surface area contributed by atoms with E-state index in [0.717, 1.165) is 12.3 Å². The number of methoxy groups -OCH3 is 1. The van der Waals surface area contributed by atoms with Crippen LogP contribution in [0.4, 0.5) is 0 Å². The Morgan fingerprint density at radius 3 is 2.44 bits per heavy atom. The predicted molar refractivity (Wildman–Crippen MR) is 71.8 cm³/mol. The van der Waals surface area contributed by atoms with Gasteiger partial charge in [-0.05, 0) is 24.3 Å². The highest BCUT2D eigenvalue weighted by molar-refractivity contribution is 7.98. The smallest absolute Gasteiger partial charge is 0.0713 e. The molecule has 0 fully saturated rings. The highest BCUT2D eigenvalue weighted by Crippen LogP contribution is 2.06. The van der Waals surface area contributed by atoms with Crippen molar-refractivity contribution in [3.05, 3.63) is 35.4 Å². The molecular weight excluding hydrogens is 218 g/mol. The molecule has 0 heterocycles. The van der Waals surface area contributed by atoms with Crippen LogP contribution in [0.2, 0.25) is 0 Å². The topological polar surface area (TPSA) is 21.3 Å². The van der Waals surface area contributed by atoms with Crippen LogP contribution in [0.25, 0.3) is 0 Å². The van der Waals surface area contributed by atoms with Crippen molar-refractivity contribution in [3.8, 4) is 0 Å². The number of benzene rings is 1. The normalized spacial score (nSPS) is 12.7. The molecule has 0 aliphatic rings.